The molecule has 0 aliphatic rings. The molecule has 3 aromatic rings. The van der Waals surface area contributed by atoms with Gasteiger partial charge in [0.15, 0.2) is 0 Å². The van der Waals surface area contributed by atoms with E-state index in [1.54, 1.807) is 12.1 Å². The van der Waals surface area contributed by atoms with Crippen LogP contribution >= 0.6 is 15.9 Å². The van der Waals surface area contributed by atoms with E-state index in [0.717, 1.165) is 10.9 Å². The molecule has 5 heteroatoms. The summed E-state index contributed by atoms with van der Waals surface area (Å²) in [5.41, 5.74) is 1.51. The molecule has 1 atom stereocenters. The quantitative estimate of drug-likeness (QED) is 0.513. The number of ether oxygens (including phenoxy) is 1. The van der Waals surface area contributed by atoms with Gasteiger partial charge in [-0.25, -0.2) is 0 Å². The molecule has 29 heavy (non-hydrogen) atoms. The molecule has 150 valence electrons. The Labute approximate surface area is 180 Å². The van der Waals surface area contributed by atoms with Gasteiger partial charge in [-0.2, -0.15) is 5.26 Å². The Morgan fingerprint density at radius 3 is 2.62 bits per heavy atom. The first-order valence-corrected chi connectivity index (χ1v) is 10.4. The molecule has 0 amide bonds. The minimum atomic E-state index is -0.680. The summed E-state index contributed by atoms with van der Waals surface area (Å²) in [7, 11) is 0. The van der Waals surface area contributed by atoms with Crippen LogP contribution in [0.25, 0.3) is 10.8 Å². The average Bonchev–Trinajstić information content (AvgIpc) is 2.71. The maximum absolute atomic E-state index is 10.3. The van der Waals surface area contributed by atoms with E-state index in [1.807, 2.05) is 12.1 Å². The zero-order valence-corrected chi connectivity index (χ0v) is 18.2. The summed E-state index contributed by atoms with van der Waals surface area (Å²) in [6, 6.07) is 22.2. The highest BCUT2D eigenvalue weighted by atomic mass is 79.9. The molecule has 4 nitrogen and oxygen atoms in total. The summed E-state index contributed by atoms with van der Waals surface area (Å²) in [5.74, 6) is 0.477. The van der Waals surface area contributed by atoms with E-state index in [-0.39, 0.29) is 12.1 Å². The lowest BCUT2D eigenvalue weighted by molar-refractivity contribution is 0.0987. The van der Waals surface area contributed by atoms with E-state index < -0.39 is 6.10 Å². The highest BCUT2D eigenvalue weighted by molar-refractivity contribution is 9.10. The number of aliphatic hydroxyl groups excluding tert-OH is 1. The van der Waals surface area contributed by atoms with Crippen molar-refractivity contribution in [2.45, 2.75) is 31.9 Å². The molecule has 3 rings (SSSR count). The molecule has 0 spiro atoms. The maximum Gasteiger partial charge on any atom is 0.137 e. The second kappa shape index (κ2) is 9.41. The first-order valence-electron chi connectivity index (χ1n) is 9.59. The molecule has 0 aromatic heterocycles. The van der Waals surface area contributed by atoms with E-state index in [9.17, 15) is 10.4 Å². The normalized spacial score (nSPS) is 12.5. The monoisotopic (exact) mass is 452 g/mol. The Morgan fingerprint density at radius 2 is 1.86 bits per heavy atom. The van der Waals surface area contributed by atoms with E-state index in [0.29, 0.717) is 17.9 Å². The molecular formula is C24H25BrN2O2. The minimum Gasteiger partial charge on any atom is -0.489 e. The van der Waals surface area contributed by atoms with Crippen molar-refractivity contribution in [1.29, 1.82) is 5.26 Å². The second-order valence-corrected chi connectivity index (χ2v) is 8.76. The van der Waals surface area contributed by atoms with Gasteiger partial charge >= 0.3 is 0 Å². The van der Waals surface area contributed by atoms with Gasteiger partial charge < -0.3 is 15.2 Å². The SMILES string of the molecule is CC(C)(Cc1ccc2ccccc2c1)NC[C@@H](O)COc1ccc(Br)cc1C#N. The largest absolute Gasteiger partial charge is 0.489 e. The fourth-order valence-corrected chi connectivity index (χ4v) is 3.64. The molecule has 0 aliphatic carbocycles. The van der Waals surface area contributed by atoms with Gasteiger partial charge in [0.05, 0.1) is 5.56 Å². The molecule has 0 heterocycles. The minimum absolute atomic E-state index is 0.120. The van der Waals surface area contributed by atoms with Crippen molar-refractivity contribution in [1.82, 2.24) is 5.32 Å². The van der Waals surface area contributed by atoms with Gasteiger partial charge in [-0.3, -0.25) is 0 Å². The van der Waals surface area contributed by atoms with E-state index in [1.165, 1.54) is 16.3 Å². The first kappa shape index (κ1) is 21.3. The molecule has 0 fully saturated rings. The van der Waals surface area contributed by atoms with Crippen LogP contribution in [0.5, 0.6) is 5.75 Å². The number of rotatable bonds is 8. The number of β-amino-alcohol motifs (C(OH)–C–C–N with tert-alkyl or cyclic N) is 1. The second-order valence-electron chi connectivity index (χ2n) is 7.84. The van der Waals surface area contributed by atoms with Crippen LogP contribution < -0.4 is 10.1 Å². The molecule has 2 N–H and O–H groups in total. The fraction of sp³-hybridized carbons (Fsp3) is 0.292. The molecule has 0 saturated heterocycles. The number of benzene rings is 3. The lowest BCUT2D eigenvalue weighted by Crippen LogP contribution is -2.46. The first-order chi connectivity index (χ1) is 13.9. The lowest BCUT2D eigenvalue weighted by atomic mass is 9.93. The van der Waals surface area contributed by atoms with Crippen LogP contribution in [-0.2, 0) is 6.42 Å². The number of aliphatic hydroxyl groups is 1. The topological polar surface area (TPSA) is 65.3 Å². The summed E-state index contributed by atoms with van der Waals surface area (Å²) >= 11 is 3.34. The number of hydrogen-bond acceptors (Lipinski definition) is 4. The van der Waals surface area contributed by atoms with Crippen molar-refractivity contribution >= 4 is 26.7 Å². The fourth-order valence-electron chi connectivity index (χ4n) is 3.28. The lowest BCUT2D eigenvalue weighted by Gasteiger charge is -2.28. The van der Waals surface area contributed by atoms with Gasteiger partial charge in [0.25, 0.3) is 0 Å². The highest BCUT2D eigenvalue weighted by Crippen LogP contribution is 2.23. The van der Waals surface area contributed by atoms with E-state index in [2.05, 4.69) is 77.6 Å². The van der Waals surface area contributed by atoms with Crippen molar-refractivity contribution in [3.63, 3.8) is 0 Å². The van der Waals surface area contributed by atoms with Gasteiger partial charge in [0.1, 0.15) is 24.5 Å². The smallest absolute Gasteiger partial charge is 0.137 e. The predicted molar refractivity (Wildman–Crippen MR) is 120 cm³/mol. The number of hydrogen-bond donors (Lipinski definition) is 2. The number of fused-ring (bicyclic) bond motifs is 1. The van der Waals surface area contributed by atoms with Crippen LogP contribution in [0, 0.1) is 11.3 Å². The number of halogens is 1. The van der Waals surface area contributed by atoms with Crippen LogP contribution in [0.4, 0.5) is 0 Å². The summed E-state index contributed by atoms with van der Waals surface area (Å²) in [5, 5.41) is 25.4. The predicted octanol–water partition coefficient (Wildman–Crippen LogP) is 4.82. The van der Waals surface area contributed by atoms with Crippen molar-refractivity contribution in [3.05, 3.63) is 76.3 Å². The van der Waals surface area contributed by atoms with E-state index >= 15 is 0 Å². The van der Waals surface area contributed by atoms with Crippen molar-refractivity contribution in [3.8, 4) is 11.8 Å². The van der Waals surface area contributed by atoms with Crippen LogP contribution in [-0.4, -0.2) is 29.9 Å². The molecule has 0 radical (unpaired) electrons. The van der Waals surface area contributed by atoms with Crippen LogP contribution in [0.1, 0.15) is 25.0 Å². The molecule has 0 aliphatic heterocycles. The van der Waals surface area contributed by atoms with E-state index in [4.69, 9.17) is 4.74 Å². The van der Waals surface area contributed by atoms with Gasteiger partial charge in [0, 0.05) is 16.6 Å². The Hall–Kier alpha value is -2.39. The maximum atomic E-state index is 10.3. The molecule has 0 saturated carbocycles. The number of nitriles is 1. The highest BCUT2D eigenvalue weighted by Gasteiger charge is 2.20. The molecule has 0 unspecified atom stereocenters. The summed E-state index contributed by atoms with van der Waals surface area (Å²) in [6.07, 6.45) is 0.164. The Bertz CT molecular complexity index is 1030. The van der Waals surface area contributed by atoms with Crippen LogP contribution in [0.2, 0.25) is 0 Å². The van der Waals surface area contributed by atoms with Crippen molar-refractivity contribution in [2.24, 2.45) is 0 Å². The summed E-state index contributed by atoms with van der Waals surface area (Å²) < 4.78 is 6.46. The molecule has 3 aromatic carbocycles. The van der Waals surface area contributed by atoms with Gasteiger partial charge in [-0.1, -0.05) is 58.4 Å². The standard InChI is InChI=1S/C24H25BrN2O2/c1-24(2,13-17-7-8-18-5-3-4-6-19(18)11-17)27-15-22(28)16-29-23-10-9-21(25)12-20(23)14-26/h3-12,22,27-28H,13,15-16H2,1-2H3/t22-/m1/s1. The Morgan fingerprint density at radius 1 is 1.10 bits per heavy atom. The third-order valence-electron chi connectivity index (χ3n) is 4.77. The number of nitrogens with one attached hydrogen (secondary N) is 1. The Kier molecular flexibility index (Phi) is 6.92. The third kappa shape index (κ3) is 6.04. The molecule has 0 bridgehead atoms. The van der Waals surface area contributed by atoms with Gasteiger partial charge in [-0.05, 0) is 54.8 Å². The van der Waals surface area contributed by atoms with Gasteiger partial charge in [-0.15, -0.1) is 0 Å². The zero-order chi connectivity index (χ0) is 20.9. The van der Waals surface area contributed by atoms with Gasteiger partial charge in [0.2, 0.25) is 0 Å². The third-order valence-corrected chi connectivity index (χ3v) is 5.26. The van der Waals surface area contributed by atoms with Crippen LogP contribution in [0.3, 0.4) is 0 Å². The average molecular weight is 453 g/mol. The molecular weight excluding hydrogens is 428 g/mol. The summed E-state index contributed by atoms with van der Waals surface area (Å²) in [6.45, 7) is 4.77. The Balaban J connectivity index is 1.53. The van der Waals surface area contributed by atoms with Crippen LogP contribution in [0.15, 0.2) is 65.1 Å². The van der Waals surface area contributed by atoms with Crippen molar-refractivity contribution in [2.75, 3.05) is 13.2 Å². The zero-order valence-electron chi connectivity index (χ0n) is 16.7. The van der Waals surface area contributed by atoms with Crippen molar-refractivity contribution < 1.29 is 9.84 Å². The number of nitrogens with zero attached hydrogens (tertiary/aromatic N) is 1. The summed E-state index contributed by atoms with van der Waals surface area (Å²) in [4.78, 5) is 0.